The molecule has 0 amide bonds. The second-order valence-corrected chi connectivity index (χ2v) is 4.65. The Labute approximate surface area is 114 Å². The van der Waals surface area contributed by atoms with Gasteiger partial charge in [-0.2, -0.15) is 0 Å². The lowest BCUT2D eigenvalue weighted by Crippen LogP contribution is -2.30. The van der Waals surface area contributed by atoms with E-state index >= 15 is 0 Å². The van der Waals surface area contributed by atoms with Crippen molar-refractivity contribution < 1.29 is 14.2 Å². The molecule has 0 spiro atoms. The lowest BCUT2D eigenvalue weighted by molar-refractivity contribution is 0.373. The van der Waals surface area contributed by atoms with Gasteiger partial charge in [-0.05, 0) is 18.9 Å². The van der Waals surface area contributed by atoms with E-state index in [1.807, 2.05) is 12.1 Å². The van der Waals surface area contributed by atoms with E-state index in [2.05, 4.69) is 18.3 Å². The number of rotatable bonds is 4. The zero-order valence-electron chi connectivity index (χ0n) is 11.9. The van der Waals surface area contributed by atoms with Crippen LogP contribution in [0.25, 0.3) is 5.57 Å². The van der Waals surface area contributed by atoms with E-state index in [4.69, 9.17) is 14.2 Å². The Morgan fingerprint density at radius 3 is 2.16 bits per heavy atom. The average molecular weight is 263 g/mol. The van der Waals surface area contributed by atoms with Gasteiger partial charge < -0.3 is 19.5 Å². The summed E-state index contributed by atoms with van der Waals surface area (Å²) in [6, 6.07) is 4.24. The van der Waals surface area contributed by atoms with E-state index in [0.717, 1.165) is 35.8 Å². The van der Waals surface area contributed by atoms with E-state index < -0.39 is 0 Å². The van der Waals surface area contributed by atoms with Crippen molar-refractivity contribution in [3.8, 4) is 17.2 Å². The van der Waals surface area contributed by atoms with Crippen molar-refractivity contribution in [3.63, 3.8) is 0 Å². The quantitative estimate of drug-likeness (QED) is 0.906. The third kappa shape index (κ3) is 2.84. The maximum absolute atomic E-state index is 5.50. The van der Waals surface area contributed by atoms with Gasteiger partial charge in [0, 0.05) is 24.7 Å². The maximum atomic E-state index is 5.50. The van der Waals surface area contributed by atoms with Gasteiger partial charge in [-0.25, -0.2) is 0 Å². The van der Waals surface area contributed by atoms with E-state index in [9.17, 15) is 0 Å². The zero-order chi connectivity index (χ0) is 13.8. The highest BCUT2D eigenvalue weighted by Crippen LogP contribution is 2.40. The van der Waals surface area contributed by atoms with Crippen molar-refractivity contribution in [1.82, 2.24) is 5.32 Å². The number of hydrogen-bond donors (Lipinski definition) is 1. The van der Waals surface area contributed by atoms with Gasteiger partial charge in [-0.1, -0.05) is 6.08 Å². The largest absolute Gasteiger partial charge is 0.496 e. The summed E-state index contributed by atoms with van der Waals surface area (Å²) in [5, 5.41) is 3.40. The van der Waals surface area contributed by atoms with Gasteiger partial charge in [0.2, 0.25) is 0 Å². The molecule has 4 heteroatoms. The fourth-order valence-corrected chi connectivity index (χ4v) is 2.39. The van der Waals surface area contributed by atoms with Crippen LogP contribution in [0.3, 0.4) is 0 Å². The SMILES string of the molecule is COc1cc(OC)c(C2=CCNC(C)C2)c(OC)c1. The molecule has 104 valence electrons. The average Bonchev–Trinajstić information content (AvgIpc) is 2.45. The van der Waals surface area contributed by atoms with Crippen molar-refractivity contribution >= 4 is 5.57 Å². The van der Waals surface area contributed by atoms with Crippen molar-refractivity contribution in [2.45, 2.75) is 19.4 Å². The summed E-state index contributed by atoms with van der Waals surface area (Å²) in [7, 11) is 4.98. The molecule has 0 fully saturated rings. The van der Waals surface area contributed by atoms with Gasteiger partial charge in [0.1, 0.15) is 17.2 Å². The van der Waals surface area contributed by atoms with Gasteiger partial charge in [-0.3, -0.25) is 0 Å². The molecule has 2 rings (SSSR count). The first kappa shape index (κ1) is 13.7. The fourth-order valence-electron chi connectivity index (χ4n) is 2.39. The van der Waals surface area contributed by atoms with Crippen LogP contribution >= 0.6 is 0 Å². The first-order chi connectivity index (χ1) is 9.19. The Bertz CT molecular complexity index is 457. The first-order valence-corrected chi connectivity index (χ1v) is 6.42. The first-order valence-electron chi connectivity index (χ1n) is 6.42. The molecule has 19 heavy (non-hydrogen) atoms. The molecule has 1 aromatic rings. The Balaban J connectivity index is 2.51. The van der Waals surface area contributed by atoms with Crippen LogP contribution in [0.5, 0.6) is 17.2 Å². The highest BCUT2D eigenvalue weighted by molar-refractivity contribution is 5.77. The van der Waals surface area contributed by atoms with Gasteiger partial charge in [0.25, 0.3) is 0 Å². The summed E-state index contributed by atoms with van der Waals surface area (Å²) in [5.74, 6) is 2.31. The molecule has 1 atom stereocenters. The van der Waals surface area contributed by atoms with Crippen LogP contribution in [-0.2, 0) is 0 Å². The molecule has 1 aliphatic heterocycles. The molecular weight excluding hydrogens is 242 g/mol. The standard InChI is InChI=1S/C15H21NO3/c1-10-7-11(5-6-16-10)15-13(18-3)8-12(17-2)9-14(15)19-4/h5,8-10,16H,6-7H2,1-4H3. The zero-order valence-corrected chi connectivity index (χ0v) is 11.9. The molecule has 0 aromatic heterocycles. The van der Waals surface area contributed by atoms with Gasteiger partial charge in [-0.15, -0.1) is 0 Å². The van der Waals surface area contributed by atoms with Crippen molar-refractivity contribution in [2.75, 3.05) is 27.9 Å². The Morgan fingerprint density at radius 2 is 1.68 bits per heavy atom. The second kappa shape index (κ2) is 5.97. The molecule has 0 aliphatic carbocycles. The summed E-state index contributed by atoms with van der Waals surface area (Å²) in [6.07, 6.45) is 3.14. The van der Waals surface area contributed by atoms with Crippen LogP contribution in [0.4, 0.5) is 0 Å². The van der Waals surface area contributed by atoms with Crippen LogP contribution in [0.15, 0.2) is 18.2 Å². The normalized spacial score (nSPS) is 18.7. The van der Waals surface area contributed by atoms with Crippen LogP contribution in [0.1, 0.15) is 18.9 Å². The minimum absolute atomic E-state index is 0.455. The second-order valence-electron chi connectivity index (χ2n) is 4.65. The van der Waals surface area contributed by atoms with Gasteiger partial charge >= 0.3 is 0 Å². The van der Waals surface area contributed by atoms with Crippen LogP contribution < -0.4 is 19.5 Å². The summed E-state index contributed by atoms with van der Waals surface area (Å²) < 4.78 is 16.3. The smallest absolute Gasteiger partial charge is 0.133 e. The van der Waals surface area contributed by atoms with Crippen LogP contribution in [-0.4, -0.2) is 33.9 Å². The predicted octanol–water partition coefficient (Wildman–Crippen LogP) is 2.48. The summed E-state index contributed by atoms with van der Waals surface area (Å²) in [4.78, 5) is 0. The third-order valence-electron chi connectivity index (χ3n) is 3.38. The van der Waals surface area contributed by atoms with Gasteiger partial charge in [0.15, 0.2) is 0 Å². The number of hydrogen-bond acceptors (Lipinski definition) is 4. The number of nitrogens with one attached hydrogen (secondary N) is 1. The van der Waals surface area contributed by atoms with Gasteiger partial charge in [0.05, 0.1) is 26.9 Å². The van der Waals surface area contributed by atoms with Crippen LogP contribution in [0, 0.1) is 0 Å². The topological polar surface area (TPSA) is 39.7 Å². The fraction of sp³-hybridized carbons (Fsp3) is 0.467. The molecule has 0 radical (unpaired) electrons. The molecule has 1 aromatic carbocycles. The molecule has 4 nitrogen and oxygen atoms in total. The molecule has 1 aliphatic rings. The van der Waals surface area contributed by atoms with E-state index in [0.29, 0.717) is 6.04 Å². The highest BCUT2D eigenvalue weighted by atomic mass is 16.5. The van der Waals surface area contributed by atoms with Crippen molar-refractivity contribution in [2.24, 2.45) is 0 Å². The predicted molar refractivity (Wildman–Crippen MR) is 76.2 cm³/mol. The van der Waals surface area contributed by atoms with E-state index in [-0.39, 0.29) is 0 Å². The summed E-state index contributed by atoms with van der Waals surface area (Å²) in [6.45, 7) is 3.05. The molecule has 0 bridgehead atoms. The maximum Gasteiger partial charge on any atom is 0.133 e. The minimum atomic E-state index is 0.455. The van der Waals surface area contributed by atoms with Crippen LogP contribution in [0.2, 0.25) is 0 Å². The molecular formula is C15H21NO3. The van der Waals surface area contributed by atoms with E-state index in [1.165, 1.54) is 5.57 Å². The number of ether oxygens (including phenoxy) is 3. The van der Waals surface area contributed by atoms with Crippen molar-refractivity contribution in [3.05, 3.63) is 23.8 Å². The molecule has 1 N–H and O–H groups in total. The number of benzene rings is 1. The molecule has 1 heterocycles. The molecule has 1 unspecified atom stereocenters. The minimum Gasteiger partial charge on any atom is -0.496 e. The highest BCUT2D eigenvalue weighted by Gasteiger charge is 2.20. The van der Waals surface area contributed by atoms with Crippen molar-refractivity contribution in [1.29, 1.82) is 0 Å². The summed E-state index contributed by atoms with van der Waals surface area (Å²) in [5.41, 5.74) is 2.28. The Hall–Kier alpha value is -1.68. The molecule has 0 saturated heterocycles. The summed E-state index contributed by atoms with van der Waals surface area (Å²) >= 11 is 0. The Morgan fingerprint density at radius 1 is 1.05 bits per heavy atom. The monoisotopic (exact) mass is 263 g/mol. The lowest BCUT2D eigenvalue weighted by atomic mass is 9.94. The number of methoxy groups -OCH3 is 3. The lowest BCUT2D eigenvalue weighted by Gasteiger charge is -2.24. The Kier molecular flexibility index (Phi) is 4.32. The van der Waals surface area contributed by atoms with E-state index in [1.54, 1.807) is 21.3 Å². The molecule has 0 saturated carbocycles. The third-order valence-corrected chi connectivity index (χ3v) is 3.38.